The van der Waals surface area contributed by atoms with Crippen molar-refractivity contribution in [3.63, 3.8) is 0 Å². The number of rotatable bonds is 3. The summed E-state index contributed by atoms with van der Waals surface area (Å²) in [4.78, 5) is 26.8. The highest BCUT2D eigenvalue weighted by Gasteiger charge is 2.34. The fourth-order valence-electron chi connectivity index (χ4n) is 4.26. The van der Waals surface area contributed by atoms with Crippen LogP contribution in [-0.2, 0) is 9.59 Å². The van der Waals surface area contributed by atoms with Crippen molar-refractivity contribution in [1.29, 1.82) is 0 Å². The first-order valence-corrected chi connectivity index (χ1v) is 8.98. The summed E-state index contributed by atoms with van der Waals surface area (Å²) in [5, 5.41) is 3.14. The van der Waals surface area contributed by atoms with Gasteiger partial charge in [0.05, 0.1) is 0 Å². The zero-order valence-electron chi connectivity index (χ0n) is 13.8. The molecule has 3 aliphatic rings. The Balaban J connectivity index is 0.00000192. The summed E-state index contributed by atoms with van der Waals surface area (Å²) in [5.74, 6) is 0.776. The van der Waals surface area contributed by atoms with Gasteiger partial charge in [-0.2, -0.15) is 0 Å². The topological polar surface area (TPSA) is 75.4 Å². The maximum absolute atomic E-state index is 12.5. The summed E-state index contributed by atoms with van der Waals surface area (Å²) in [6.07, 6.45) is 9.30. The lowest BCUT2D eigenvalue weighted by Crippen LogP contribution is -2.42. The van der Waals surface area contributed by atoms with Crippen molar-refractivity contribution in [3.05, 3.63) is 0 Å². The monoisotopic (exact) mass is 343 g/mol. The van der Waals surface area contributed by atoms with E-state index in [1.54, 1.807) is 0 Å². The second-order valence-electron chi connectivity index (χ2n) is 7.38. The Hall–Kier alpha value is -0.810. The Labute approximate surface area is 145 Å². The zero-order valence-corrected chi connectivity index (χ0v) is 14.7. The largest absolute Gasteiger partial charge is 0.351 e. The van der Waals surface area contributed by atoms with E-state index in [0.717, 1.165) is 45.1 Å². The van der Waals surface area contributed by atoms with E-state index in [1.165, 1.54) is 19.3 Å². The van der Waals surface area contributed by atoms with Crippen molar-refractivity contribution in [2.75, 3.05) is 13.1 Å². The first-order chi connectivity index (χ1) is 10.6. The Kier molecular flexibility index (Phi) is 6.72. The predicted octanol–water partition coefficient (Wildman–Crippen LogP) is 1.83. The van der Waals surface area contributed by atoms with Crippen LogP contribution in [0.4, 0.5) is 0 Å². The normalized spacial score (nSPS) is 31.7. The van der Waals surface area contributed by atoms with Crippen molar-refractivity contribution in [3.8, 4) is 0 Å². The zero-order chi connectivity index (χ0) is 15.5. The minimum absolute atomic E-state index is 0. The van der Waals surface area contributed by atoms with Gasteiger partial charge in [-0.3, -0.25) is 9.59 Å². The second kappa shape index (κ2) is 8.34. The first-order valence-electron chi connectivity index (χ1n) is 8.98. The fraction of sp³-hybridized carbons (Fsp3) is 0.882. The van der Waals surface area contributed by atoms with Gasteiger partial charge < -0.3 is 16.0 Å². The summed E-state index contributed by atoms with van der Waals surface area (Å²) >= 11 is 0. The summed E-state index contributed by atoms with van der Waals surface area (Å²) in [7, 11) is 0. The number of likely N-dealkylation sites (tertiary alicyclic amines) is 1. The number of carbonyl (C=O) groups excluding carboxylic acids is 2. The average Bonchev–Trinajstić information content (AvgIpc) is 3.16. The highest BCUT2D eigenvalue weighted by molar-refractivity contribution is 5.85. The summed E-state index contributed by atoms with van der Waals surface area (Å²) in [6, 6.07) is 0.320. The molecule has 3 unspecified atom stereocenters. The number of hydrogen-bond donors (Lipinski definition) is 2. The summed E-state index contributed by atoms with van der Waals surface area (Å²) in [6.45, 7) is 1.49. The third-order valence-corrected chi connectivity index (χ3v) is 5.64. The molecule has 3 fully saturated rings. The molecule has 1 aliphatic heterocycles. The molecule has 5 nitrogen and oxygen atoms in total. The molecule has 3 atom stereocenters. The van der Waals surface area contributed by atoms with Gasteiger partial charge in [0.1, 0.15) is 0 Å². The summed E-state index contributed by atoms with van der Waals surface area (Å²) < 4.78 is 0. The van der Waals surface area contributed by atoms with Crippen LogP contribution < -0.4 is 11.1 Å². The second-order valence-corrected chi connectivity index (χ2v) is 7.38. The number of hydrogen-bond acceptors (Lipinski definition) is 3. The van der Waals surface area contributed by atoms with E-state index in [4.69, 9.17) is 5.73 Å². The number of nitrogens with two attached hydrogens (primary N) is 1. The van der Waals surface area contributed by atoms with Gasteiger partial charge in [-0.1, -0.05) is 19.3 Å². The van der Waals surface area contributed by atoms with Gasteiger partial charge in [-0.25, -0.2) is 0 Å². The molecule has 3 N–H and O–H groups in total. The predicted molar refractivity (Wildman–Crippen MR) is 92.3 cm³/mol. The van der Waals surface area contributed by atoms with Crippen LogP contribution in [0.25, 0.3) is 0 Å². The number of nitrogens with zero attached hydrogens (tertiary/aromatic N) is 1. The first kappa shape index (κ1) is 18.5. The van der Waals surface area contributed by atoms with Crippen LogP contribution in [0.3, 0.4) is 0 Å². The quantitative estimate of drug-likeness (QED) is 0.821. The van der Waals surface area contributed by atoms with Gasteiger partial charge in [0.25, 0.3) is 0 Å². The van der Waals surface area contributed by atoms with Crippen LogP contribution >= 0.6 is 12.4 Å². The smallest absolute Gasteiger partial charge is 0.225 e. The molecule has 1 saturated heterocycles. The van der Waals surface area contributed by atoms with Crippen molar-refractivity contribution in [2.24, 2.45) is 17.6 Å². The van der Waals surface area contributed by atoms with Gasteiger partial charge in [0.2, 0.25) is 11.8 Å². The maximum atomic E-state index is 12.5. The Morgan fingerprint density at radius 1 is 0.957 bits per heavy atom. The lowest BCUT2D eigenvalue weighted by atomic mass is 9.88. The molecule has 6 heteroatoms. The molecule has 0 aromatic rings. The molecule has 23 heavy (non-hydrogen) atoms. The molecule has 2 saturated carbocycles. The third-order valence-electron chi connectivity index (χ3n) is 5.64. The van der Waals surface area contributed by atoms with Crippen LogP contribution in [0.1, 0.15) is 57.8 Å². The van der Waals surface area contributed by atoms with Crippen molar-refractivity contribution < 1.29 is 9.59 Å². The van der Waals surface area contributed by atoms with Gasteiger partial charge in [0.15, 0.2) is 0 Å². The van der Waals surface area contributed by atoms with Crippen molar-refractivity contribution in [2.45, 2.75) is 69.9 Å². The molecular formula is C17H30ClN3O2. The lowest BCUT2D eigenvalue weighted by molar-refractivity contribution is -0.135. The lowest BCUT2D eigenvalue weighted by Gasteiger charge is -2.26. The number of carbonyl (C=O) groups is 2. The van der Waals surface area contributed by atoms with Gasteiger partial charge >= 0.3 is 0 Å². The number of nitrogens with one attached hydrogen (secondary N) is 1. The molecule has 3 rings (SSSR count). The maximum Gasteiger partial charge on any atom is 0.225 e. The van der Waals surface area contributed by atoms with Crippen molar-refractivity contribution >= 4 is 24.2 Å². The van der Waals surface area contributed by atoms with E-state index in [1.807, 2.05) is 4.90 Å². The molecule has 0 aromatic carbocycles. The molecule has 132 valence electrons. The van der Waals surface area contributed by atoms with Crippen LogP contribution in [0.15, 0.2) is 0 Å². The van der Waals surface area contributed by atoms with Crippen molar-refractivity contribution in [1.82, 2.24) is 10.2 Å². The Bertz CT molecular complexity index is 426. The van der Waals surface area contributed by atoms with Crippen LogP contribution in [0.5, 0.6) is 0 Å². The third kappa shape index (κ3) is 4.60. The fourth-order valence-corrected chi connectivity index (χ4v) is 4.26. The minimum Gasteiger partial charge on any atom is -0.351 e. The molecule has 0 spiro atoms. The van der Waals surface area contributed by atoms with Gasteiger partial charge in [-0.05, 0) is 38.5 Å². The SMILES string of the molecule is Cl.NC1CCC(C(=O)NC2CCN(C(=O)C3CCCCC3)C2)C1. The minimum atomic E-state index is 0. The molecule has 2 aliphatic carbocycles. The summed E-state index contributed by atoms with van der Waals surface area (Å²) in [5.41, 5.74) is 5.88. The van der Waals surface area contributed by atoms with Crippen LogP contribution in [0, 0.1) is 11.8 Å². The van der Waals surface area contributed by atoms with Gasteiger partial charge in [0, 0.05) is 37.0 Å². The number of amides is 2. The van der Waals surface area contributed by atoms with E-state index in [2.05, 4.69) is 5.32 Å². The Morgan fingerprint density at radius 2 is 1.70 bits per heavy atom. The molecule has 0 bridgehead atoms. The molecule has 0 radical (unpaired) electrons. The highest BCUT2D eigenvalue weighted by atomic mass is 35.5. The standard InChI is InChI=1S/C17H29N3O2.ClH/c18-14-7-6-13(10-14)16(21)19-15-8-9-20(11-15)17(22)12-4-2-1-3-5-12;/h12-15H,1-11,18H2,(H,19,21);1H. The molecular weight excluding hydrogens is 314 g/mol. The van der Waals surface area contributed by atoms with Crippen LogP contribution in [-0.4, -0.2) is 41.9 Å². The van der Waals surface area contributed by atoms with E-state index >= 15 is 0 Å². The highest BCUT2D eigenvalue weighted by Crippen LogP contribution is 2.27. The van der Waals surface area contributed by atoms with E-state index < -0.39 is 0 Å². The van der Waals surface area contributed by atoms with Gasteiger partial charge in [-0.15, -0.1) is 12.4 Å². The van der Waals surface area contributed by atoms with E-state index in [9.17, 15) is 9.59 Å². The van der Waals surface area contributed by atoms with Crippen LogP contribution in [0.2, 0.25) is 0 Å². The average molecular weight is 344 g/mol. The number of halogens is 1. The molecule has 1 heterocycles. The molecule has 0 aromatic heterocycles. The van der Waals surface area contributed by atoms with E-state index in [0.29, 0.717) is 12.5 Å². The molecule has 2 amide bonds. The Morgan fingerprint density at radius 3 is 2.35 bits per heavy atom. The van der Waals surface area contributed by atoms with E-state index in [-0.39, 0.29) is 42.2 Å².